The summed E-state index contributed by atoms with van der Waals surface area (Å²) in [6.07, 6.45) is 29.1. The third-order valence-corrected chi connectivity index (χ3v) is 6.11. The first-order valence-corrected chi connectivity index (χ1v) is 13.4. The molecule has 178 valence electrons. The van der Waals surface area contributed by atoms with Gasteiger partial charge in [0.05, 0.1) is 6.61 Å². The van der Waals surface area contributed by atoms with Gasteiger partial charge in [-0.25, -0.2) is 9.78 Å². The zero-order chi connectivity index (χ0) is 22.2. The van der Waals surface area contributed by atoms with Crippen LogP contribution in [0, 0.1) is 0 Å². The smallest absolute Gasteiger partial charge is 0.356 e. The molecule has 0 fully saturated rings. The van der Waals surface area contributed by atoms with E-state index >= 15 is 0 Å². The molecule has 0 amide bonds. The second-order valence-corrected chi connectivity index (χ2v) is 9.07. The van der Waals surface area contributed by atoms with Crippen LogP contribution in [0.2, 0.25) is 0 Å². The Hall–Kier alpha value is -1.38. The number of carbonyl (C=O) groups excluding carboxylic acids is 1. The van der Waals surface area contributed by atoms with Gasteiger partial charge in [-0.3, -0.25) is 0 Å². The van der Waals surface area contributed by atoms with Crippen LogP contribution in [0.5, 0.6) is 0 Å². The van der Waals surface area contributed by atoms with Gasteiger partial charge in [0.15, 0.2) is 0 Å². The average Bonchev–Trinajstić information content (AvgIpc) is 2.80. The second-order valence-electron chi connectivity index (χ2n) is 9.07. The van der Waals surface area contributed by atoms with Crippen LogP contribution in [0.25, 0.3) is 0 Å². The number of hydrogen-bond acceptors (Lipinski definition) is 3. The fourth-order valence-electron chi connectivity index (χ4n) is 4.08. The van der Waals surface area contributed by atoms with Crippen molar-refractivity contribution < 1.29 is 9.53 Å². The van der Waals surface area contributed by atoms with Gasteiger partial charge in [-0.15, -0.1) is 0 Å². The lowest BCUT2D eigenvalue weighted by atomic mass is 10.0. The molecule has 0 aromatic carbocycles. The Bertz CT molecular complexity index is 503. The zero-order valence-electron chi connectivity index (χ0n) is 20.4. The Morgan fingerprint density at radius 1 is 0.645 bits per heavy atom. The topological polar surface area (TPSA) is 39.2 Å². The molecule has 0 aliphatic rings. The van der Waals surface area contributed by atoms with Crippen LogP contribution in [0.4, 0.5) is 0 Å². The van der Waals surface area contributed by atoms with Crippen molar-refractivity contribution in [1.29, 1.82) is 0 Å². The summed E-state index contributed by atoms with van der Waals surface area (Å²) >= 11 is 0. The lowest BCUT2D eigenvalue weighted by molar-refractivity contribution is 0.0491. The maximum atomic E-state index is 11.8. The van der Waals surface area contributed by atoms with Gasteiger partial charge < -0.3 is 4.74 Å². The zero-order valence-corrected chi connectivity index (χ0v) is 20.4. The molecule has 0 atom stereocenters. The third-order valence-electron chi connectivity index (χ3n) is 6.11. The monoisotopic (exact) mass is 431 g/mol. The van der Waals surface area contributed by atoms with Gasteiger partial charge >= 0.3 is 5.97 Å². The molecule has 0 aliphatic heterocycles. The molecule has 1 heterocycles. The molecule has 0 aliphatic carbocycles. The van der Waals surface area contributed by atoms with Crippen LogP contribution in [0.3, 0.4) is 0 Å². The van der Waals surface area contributed by atoms with E-state index in [0.717, 1.165) is 12.8 Å². The quantitative estimate of drug-likeness (QED) is 0.136. The van der Waals surface area contributed by atoms with Gasteiger partial charge in [0, 0.05) is 6.20 Å². The molecule has 3 nitrogen and oxygen atoms in total. The largest absolute Gasteiger partial charge is 0.461 e. The highest BCUT2D eigenvalue weighted by Crippen LogP contribution is 2.14. The van der Waals surface area contributed by atoms with Crippen molar-refractivity contribution in [2.45, 2.75) is 135 Å². The number of hydrogen-bond donors (Lipinski definition) is 0. The fourth-order valence-corrected chi connectivity index (χ4v) is 4.08. The predicted octanol–water partition coefficient (Wildman–Crippen LogP) is 9.06. The van der Waals surface area contributed by atoms with E-state index in [1.807, 2.05) is 6.07 Å². The highest BCUT2D eigenvalue weighted by Gasteiger charge is 2.06. The SMILES string of the molecule is CCCCCCCCCCCCCCCCCCCCCCOC(=O)c1ccccn1. The van der Waals surface area contributed by atoms with Crippen molar-refractivity contribution in [3.8, 4) is 0 Å². The molecule has 0 saturated heterocycles. The first-order chi connectivity index (χ1) is 15.3. The number of unbranched alkanes of at least 4 members (excludes halogenated alkanes) is 19. The molecule has 1 aromatic rings. The van der Waals surface area contributed by atoms with Crippen molar-refractivity contribution in [2.75, 3.05) is 6.61 Å². The first kappa shape index (κ1) is 27.7. The lowest BCUT2D eigenvalue weighted by Gasteiger charge is -2.05. The molecular weight excluding hydrogens is 382 g/mol. The summed E-state index contributed by atoms with van der Waals surface area (Å²) in [5.41, 5.74) is 0.399. The number of esters is 1. The minimum Gasteiger partial charge on any atom is -0.461 e. The number of pyridine rings is 1. The van der Waals surface area contributed by atoms with E-state index in [2.05, 4.69) is 11.9 Å². The number of nitrogens with zero attached hydrogens (tertiary/aromatic N) is 1. The molecule has 0 bridgehead atoms. The van der Waals surface area contributed by atoms with Crippen LogP contribution < -0.4 is 0 Å². The van der Waals surface area contributed by atoms with Crippen molar-refractivity contribution in [2.24, 2.45) is 0 Å². The summed E-state index contributed by atoms with van der Waals surface area (Å²) in [7, 11) is 0. The minimum absolute atomic E-state index is 0.307. The van der Waals surface area contributed by atoms with Crippen LogP contribution >= 0.6 is 0 Å². The van der Waals surface area contributed by atoms with Crippen LogP contribution in [-0.4, -0.2) is 17.6 Å². The van der Waals surface area contributed by atoms with E-state index in [1.165, 1.54) is 116 Å². The van der Waals surface area contributed by atoms with Crippen LogP contribution in [0.1, 0.15) is 146 Å². The summed E-state index contributed by atoms with van der Waals surface area (Å²) < 4.78 is 5.26. The van der Waals surface area contributed by atoms with E-state index in [0.29, 0.717) is 12.3 Å². The Balaban J connectivity index is 1.70. The van der Waals surface area contributed by atoms with Gasteiger partial charge in [0.1, 0.15) is 5.69 Å². The highest BCUT2D eigenvalue weighted by atomic mass is 16.5. The number of rotatable bonds is 22. The molecule has 0 N–H and O–H groups in total. The maximum absolute atomic E-state index is 11.8. The Labute approximate surface area is 192 Å². The molecule has 1 rings (SSSR count). The van der Waals surface area contributed by atoms with E-state index < -0.39 is 0 Å². The molecule has 3 heteroatoms. The molecule has 31 heavy (non-hydrogen) atoms. The molecule has 0 radical (unpaired) electrons. The molecule has 0 spiro atoms. The summed E-state index contributed by atoms with van der Waals surface area (Å²) in [6, 6.07) is 5.30. The predicted molar refractivity (Wildman–Crippen MR) is 133 cm³/mol. The maximum Gasteiger partial charge on any atom is 0.356 e. The lowest BCUT2D eigenvalue weighted by Crippen LogP contribution is -2.08. The van der Waals surface area contributed by atoms with E-state index in [9.17, 15) is 4.79 Å². The normalized spacial score (nSPS) is 11.0. The standard InChI is InChI=1S/C28H49NO2/c1-2-3-4-5-6-7-8-9-10-11-12-13-14-15-16-17-18-19-20-23-26-31-28(30)27-24-21-22-25-29-27/h21-22,24-25H,2-20,23,26H2,1H3. The van der Waals surface area contributed by atoms with Gasteiger partial charge in [-0.1, -0.05) is 135 Å². The first-order valence-electron chi connectivity index (χ1n) is 13.4. The summed E-state index contributed by atoms with van der Waals surface area (Å²) in [5.74, 6) is -0.307. The molecule has 0 unspecified atom stereocenters. The van der Waals surface area contributed by atoms with Crippen molar-refractivity contribution in [3.05, 3.63) is 30.1 Å². The summed E-state index contributed by atoms with van der Waals surface area (Å²) in [4.78, 5) is 15.8. The molecule has 1 aromatic heterocycles. The van der Waals surface area contributed by atoms with Gasteiger partial charge in [0.2, 0.25) is 0 Å². The van der Waals surface area contributed by atoms with Crippen LogP contribution in [-0.2, 0) is 4.74 Å². The highest BCUT2D eigenvalue weighted by molar-refractivity contribution is 5.87. The molecular formula is C28H49NO2. The minimum atomic E-state index is -0.307. The van der Waals surface area contributed by atoms with E-state index in [4.69, 9.17) is 4.74 Å². The Kier molecular flexibility index (Phi) is 19.5. The van der Waals surface area contributed by atoms with E-state index in [-0.39, 0.29) is 5.97 Å². The number of carbonyl (C=O) groups is 1. The molecule has 0 saturated carbocycles. The van der Waals surface area contributed by atoms with Crippen LogP contribution in [0.15, 0.2) is 24.4 Å². The van der Waals surface area contributed by atoms with Crippen molar-refractivity contribution >= 4 is 5.97 Å². The summed E-state index contributed by atoms with van der Waals surface area (Å²) in [6.45, 7) is 2.80. The fraction of sp³-hybridized carbons (Fsp3) is 0.786. The van der Waals surface area contributed by atoms with Gasteiger partial charge in [-0.05, 0) is 18.6 Å². The summed E-state index contributed by atoms with van der Waals surface area (Å²) in [5, 5.41) is 0. The number of ether oxygens (including phenoxy) is 1. The van der Waals surface area contributed by atoms with Crippen molar-refractivity contribution in [1.82, 2.24) is 4.98 Å². The van der Waals surface area contributed by atoms with Crippen molar-refractivity contribution in [3.63, 3.8) is 0 Å². The Morgan fingerprint density at radius 2 is 1.06 bits per heavy atom. The Morgan fingerprint density at radius 3 is 1.45 bits per heavy atom. The van der Waals surface area contributed by atoms with Gasteiger partial charge in [-0.2, -0.15) is 0 Å². The second kappa shape index (κ2) is 21.8. The van der Waals surface area contributed by atoms with E-state index in [1.54, 1.807) is 18.3 Å². The third kappa shape index (κ3) is 17.9. The van der Waals surface area contributed by atoms with Gasteiger partial charge in [0.25, 0.3) is 0 Å². The average molecular weight is 432 g/mol. The number of aromatic nitrogens is 1.